The van der Waals surface area contributed by atoms with Crippen LogP contribution in [0.4, 0.5) is 0 Å². The summed E-state index contributed by atoms with van der Waals surface area (Å²) in [5.74, 6) is 0.316. The summed E-state index contributed by atoms with van der Waals surface area (Å²) < 4.78 is 0. The van der Waals surface area contributed by atoms with Crippen molar-refractivity contribution in [1.82, 2.24) is 4.98 Å². The van der Waals surface area contributed by atoms with Gasteiger partial charge in [0.05, 0.1) is 10.0 Å². The first kappa shape index (κ1) is 10.8. The van der Waals surface area contributed by atoms with Crippen LogP contribution in [0.25, 0.3) is 10.9 Å². The Morgan fingerprint density at radius 1 is 1.33 bits per heavy atom. The average Bonchev–Trinajstić information content (AvgIpc) is 2.61. The van der Waals surface area contributed by atoms with Crippen LogP contribution in [0.3, 0.4) is 0 Å². The van der Waals surface area contributed by atoms with Gasteiger partial charge < -0.3 is 10.7 Å². The molecule has 0 aliphatic rings. The van der Waals surface area contributed by atoms with Crippen LogP contribution in [0.2, 0.25) is 10.0 Å². The SMILES string of the molecule is CC(CN)c1c[nH]c2cc(Cl)c(Cl)cc12. The van der Waals surface area contributed by atoms with Gasteiger partial charge in [0.15, 0.2) is 0 Å². The van der Waals surface area contributed by atoms with Crippen LogP contribution in [0, 0.1) is 0 Å². The van der Waals surface area contributed by atoms with Crippen LogP contribution in [-0.2, 0) is 0 Å². The highest BCUT2D eigenvalue weighted by molar-refractivity contribution is 6.42. The first-order chi connectivity index (χ1) is 7.13. The van der Waals surface area contributed by atoms with E-state index >= 15 is 0 Å². The number of nitrogens with one attached hydrogen (secondary N) is 1. The number of halogens is 2. The molecular formula is C11H12Cl2N2. The lowest BCUT2D eigenvalue weighted by atomic mass is 10.0. The monoisotopic (exact) mass is 242 g/mol. The molecule has 0 aliphatic carbocycles. The van der Waals surface area contributed by atoms with Crippen molar-refractivity contribution >= 4 is 34.1 Å². The Morgan fingerprint density at radius 2 is 2.00 bits per heavy atom. The topological polar surface area (TPSA) is 41.8 Å². The fourth-order valence-electron chi connectivity index (χ4n) is 1.67. The van der Waals surface area contributed by atoms with Crippen molar-refractivity contribution < 1.29 is 0 Å². The highest BCUT2D eigenvalue weighted by atomic mass is 35.5. The maximum atomic E-state index is 5.99. The molecule has 0 aliphatic heterocycles. The number of rotatable bonds is 2. The summed E-state index contributed by atoms with van der Waals surface area (Å²) in [5, 5.41) is 2.24. The lowest BCUT2D eigenvalue weighted by Crippen LogP contribution is -2.08. The van der Waals surface area contributed by atoms with Gasteiger partial charge >= 0.3 is 0 Å². The normalized spacial score (nSPS) is 13.3. The smallest absolute Gasteiger partial charge is 0.0613 e. The van der Waals surface area contributed by atoms with Gasteiger partial charge in [-0.3, -0.25) is 0 Å². The second-order valence-corrected chi connectivity index (χ2v) is 4.51. The highest BCUT2D eigenvalue weighted by Gasteiger charge is 2.11. The Labute approximate surface area is 98.4 Å². The van der Waals surface area contributed by atoms with Gasteiger partial charge in [0.1, 0.15) is 0 Å². The predicted molar refractivity (Wildman–Crippen MR) is 65.8 cm³/mol. The van der Waals surface area contributed by atoms with Crippen LogP contribution in [0.1, 0.15) is 18.4 Å². The Kier molecular flexibility index (Phi) is 2.91. The van der Waals surface area contributed by atoms with Crippen molar-refractivity contribution in [3.63, 3.8) is 0 Å². The van der Waals surface area contributed by atoms with Crippen molar-refractivity contribution in [3.8, 4) is 0 Å². The van der Waals surface area contributed by atoms with E-state index in [1.807, 2.05) is 18.3 Å². The molecule has 0 fully saturated rings. The summed E-state index contributed by atoms with van der Waals surface area (Å²) in [6.45, 7) is 2.71. The number of hydrogen-bond donors (Lipinski definition) is 2. The Bertz CT molecular complexity index is 491. The number of H-pyrrole nitrogens is 1. The zero-order valence-electron chi connectivity index (χ0n) is 8.35. The summed E-state index contributed by atoms with van der Waals surface area (Å²) in [6, 6.07) is 3.73. The zero-order valence-corrected chi connectivity index (χ0v) is 9.86. The lowest BCUT2D eigenvalue weighted by Gasteiger charge is -2.06. The third-order valence-corrected chi connectivity index (χ3v) is 3.36. The van der Waals surface area contributed by atoms with E-state index in [9.17, 15) is 0 Å². The molecule has 2 aromatic rings. The quantitative estimate of drug-likeness (QED) is 0.832. The van der Waals surface area contributed by atoms with Gasteiger partial charge in [-0.15, -0.1) is 0 Å². The number of aromatic amines is 1. The molecule has 2 rings (SSSR count). The molecule has 1 heterocycles. The summed E-state index contributed by atoms with van der Waals surface area (Å²) in [5.41, 5.74) is 7.84. The molecule has 0 saturated heterocycles. The molecule has 0 bridgehead atoms. The van der Waals surface area contributed by atoms with Gasteiger partial charge in [-0.05, 0) is 30.2 Å². The molecule has 80 valence electrons. The largest absolute Gasteiger partial charge is 0.361 e. The number of hydrogen-bond acceptors (Lipinski definition) is 1. The molecular weight excluding hydrogens is 231 g/mol. The minimum atomic E-state index is 0.316. The van der Waals surface area contributed by atoms with Crippen molar-refractivity contribution in [2.45, 2.75) is 12.8 Å². The van der Waals surface area contributed by atoms with Gasteiger partial charge in [0.25, 0.3) is 0 Å². The minimum Gasteiger partial charge on any atom is -0.361 e. The Morgan fingerprint density at radius 3 is 2.67 bits per heavy atom. The molecule has 3 N–H and O–H groups in total. The first-order valence-electron chi connectivity index (χ1n) is 4.79. The second kappa shape index (κ2) is 4.05. The van der Waals surface area contributed by atoms with E-state index in [-0.39, 0.29) is 0 Å². The van der Waals surface area contributed by atoms with Gasteiger partial charge in [0, 0.05) is 17.1 Å². The minimum absolute atomic E-state index is 0.316. The van der Waals surface area contributed by atoms with Gasteiger partial charge in [0.2, 0.25) is 0 Å². The molecule has 0 saturated carbocycles. The predicted octanol–water partition coefficient (Wildman–Crippen LogP) is 3.54. The molecule has 0 amide bonds. The second-order valence-electron chi connectivity index (χ2n) is 3.69. The Balaban J connectivity index is 2.64. The van der Waals surface area contributed by atoms with E-state index < -0.39 is 0 Å². The van der Waals surface area contributed by atoms with Gasteiger partial charge in [-0.25, -0.2) is 0 Å². The molecule has 1 aromatic carbocycles. The van der Waals surface area contributed by atoms with Crippen LogP contribution in [0.15, 0.2) is 18.3 Å². The summed E-state index contributed by atoms with van der Waals surface area (Å²) in [4.78, 5) is 3.17. The average molecular weight is 243 g/mol. The molecule has 1 aromatic heterocycles. The van der Waals surface area contributed by atoms with E-state index in [4.69, 9.17) is 28.9 Å². The first-order valence-corrected chi connectivity index (χ1v) is 5.55. The molecule has 1 atom stereocenters. The van der Waals surface area contributed by atoms with E-state index in [0.717, 1.165) is 10.9 Å². The standard InChI is InChI=1S/C11H12Cl2N2/c1-6(4-14)8-5-15-11-3-10(13)9(12)2-7(8)11/h2-3,5-6,15H,4,14H2,1H3. The van der Waals surface area contributed by atoms with Crippen molar-refractivity contribution in [2.24, 2.45) is 5.73 Å². The molecule has 1 unspecified atom stereocenters. The van der Waals surface area contributed by atoms with E-state index in [1.165, 1.54) is 5.56 Å². The third kappa shape index (κ3) is 1.85. The van der Waals surface area contributed by atoms with E-state index in [0.29, 0.717) is 22.5 Å². The number of nitrogens with two attached hydrogens (primary N) is 1. The van der Waals surface area contributed by atoms with Crippen LogP contribution < -0.4 is 5.73 Å². The van der Waals surface area contributed by atoms with Crippen molar-refractivity contribution in [3.05, 3.63) is 33.9 Å². The maximum Gasteiger partial charge on any atom is 0.0613 e. The number of aromatic nitrogens is 1. The van der Waals surface area contributed by atoms with Gasteiger partial charge in [-0.1, -0.05) is 30.1 Å². The number of benzene rings is 1. The van der Waals surface area contributed by atoms with Gasteiger partial charge in [-0.2, -0.15) is 0 Å². The highest BCUT2D eigenvalue weighted by Crippen LogP contribution is 2.31. The van der Waals surface area contributed by atoms with Crippen LogP contribution in [-0.4, -0.2) is 11.5 Å². The number of fused-ring (bicyclic) bond motifs is 1. The summed E-state index contributed by atoms with van der Waals surface area (Å²) in [7, 11) is 0. The van der Waals surface area contributed by atoms with Crippen molar-refractivity contribution in [2.75, 3.05) is 6.54 Å². The Hall–Kier alpha value is -0.700. The third-order valence-electron chi connectivity index (χ3n) is 2.64. The van der Waals surface area contributed by atoms with E-state index in [2.05, 4.69) is 11.9 Å². The summed E-state index contributed by atoms with van der Waals surface area (Å²) in [6.07, 6.45) is 1.97. The molecule has 0 spiro atoms. The van der Waals surface area contributed by atoms with Crippen molar-refractivity contribution in [1.29, 1.82) is 0 Å². The maximum absolute atomic E-state index is 5.99. The molecule has 4 heteroatoms. The molecule has 15 heavy (non-hydrogen) atoms. The molecule has 0 radical (unpaired) electrons. The zero-order chi connectivity index (χ0) is 11.0. The lowest BCUT2D eigenvalue weighted by molar-refractivity contribution is 0.780. The van der Waals surface area contributed by atoms with Crippen LogP contribution in [0.5, 0.6) is 0 Å². The van der Waals surface area contributed by atoms with Crippen LogP contribution >= 0.6 is 23.2 Å². The fraction of sp³-hybridized carbons (Fsp3) is 0.273. The molecule has 2 nitrogen and oxygen atoms in total. The summed E-state index contributed by atoms with van der Waals surface area (Å²) >= 11 is 11.9. The van der Waals surface area contributed by atoms with E-state index in [1.54, 1.807) is 0 Å². The fourth-order valence-corrected chi connectivity index (χ4v) is 2.00.